The van der Waals surface area contributed by atoms with Crippen LogP contribution in [0.1, 0.15) is 44.0 Å². The summed E-state index contributed by atoms with van der Waals surface area (Å²) < 4.78 is 5.64. The Morgan fingerprint density at radius 1 is 0.744 bits per heavy atom. The van der Waals surface area contributed by atoms with Gasteiger partial charge in [0.2, 0.25) is 5.88 Å². The van der Waals surface area contributed by atoms with Crippen molar-refractivity contribution in [1.29, 1.82) is 0 Å². The first kappa shape index (κ1) is 27.4. The molecule has 2 amide bonds. The lowest BCUT2D eigenvalue weighted by atomic mass is 9.94. The van der Waals surface area contributed by atoms with Crippen LogP contribution in [0.4, 0.5) is 5.88 Å². The maximum absolute atomic E-state index is 13.9. The predicted molar refractivity (Wildman–Crippen MR) is 151 cm³/mol. The maximum atomic E-state index is 13.9. The van der Waals surface area contributed by atoms with Gasteiger partial charge in [-0.1, -0.05) is 66.2 Å². The Hall–Kier alpha value is -4.65. The molecule has 7 heteroatoms. The van der Waals surface area contributed by atoms with Gasteiger partial charge in [0.1, 0.15) is 5.76 Å². The first-order chi connectivity index (χ1) is 18.7. The zero-order chi connectivity index (χ0) is 27.9. The highest BCUT2D eigenvalue weighted by Crippen LogP contribution is 2.30. The largest absolute Gasteiger partial charge is 0.481 e. The average molecular weight is 525 g/mol. The highest BCUT2D eigenvalue weighted by atomic mass is 16.4. The van der Waals surface area contributed by atoms with E-state index in [1.165, 1.54) is 4.90 Å². The van der Waals surface area contributed by atoms with Gasteiger partial charge in [-0.3, -0.25) is 19.3 Å². The van der Waals surface area contributed by atoms with Crippen molar-refractivity contribution in [2.45, 2.75) is 26.7 Å². The quantitative estimate of drug-likeness (QED) is 0.275. The topological polar surface area (TPSA) is 91.1 Å². The number of aryl methyl sites for hydroxylation is 2. The van der Waals surface area contributed by atoms with Crippen molar-refractivity contribution in [1.82, 2.24) is 4.90 Å². The summed E-state index contributed by atoms with van der Waals surface area (Å²) in [5.41, 5.74) is 4.25. The van der Waals surface area contributed by atoms with Crippen LogP contribution in [0.2, 0.25) is 0 Å². The summed E-state index contributed by atoms with van der Waals surface area (Å²) in [5.74, 6) is -0.405. The van der Waals surface area contributed by atoms with E-state index in [4.69, 9.17) is 4.42 Å². The average Bonchev–Trinajstić information content (AvgIpc) is 3.39. The van der Waals surface area contributed by atoms with Crippen LogP contribution in [0.15, 0.2) is 89.3 Å². The van der Waals surface area contributed by atoms with Gasteiger partial charge in [0.15, 0.2) is 0 Å². The van der Waals surface area contributed by atoms with Crippen molar-refractivity contribution in [3.8, 4) is 11.1 Å². The number of hydrogen-bond acceptors (Lipinski definition) is 4. The molecule has 0 radical (unpaired) electrons. The third-order valence-corrected chi connectivity index (χ3v) is 6.64. The van der Waals surface area contributed by atoms with Gasteiger partial charge < -0.3 is 14.4 Å². The van der Waals surface area contributed by atoms with Gasteiger partial charge in [0.05, 0.1) is 6.42 Å². The summed E-state index contributed by atoms with van der Waals surface area (Å²) in [7, 11) is 1.65. The van der Waals surface area contributed by atoms with E-state index in [9.17, 15) is 19.5 Å². The number of carbonyl (C=O) groups is 3. The molecule has 7 nitrogen and oxygen atoms in total. The fourth-order valence-corrected chi connectivity index (χ4v) is 4.43. The first-order valence-electron chi connectivity index (χ1n) is 12.8. The minimum absolute atomic E-state index is 0.0789. The second kappa shape index (κ2) is 12.3. The zero-order valence-corrected chi connectivity index (χ0v) is 22.4. The number of anilines is 1. The molecule has 0 aliphatic carbocycles. The second-order valence-electron chi connectivity index (χ2n) is 9.51. The number of furan rings is 1. The van der Waals surface area contributed by atoms with E-state index in [0.29, 0.717) is 46.9 Å². The van der Waals surface area contributed by atoms with Crippen LogP contribution in [-0.2, 0) is 11.2 Å². The minimum Gasteiger partial charge on any atom is -0.481 e. The van der Waals surface area contributed by atoms with Gasteiger partial charge in [0.25, 0.3) is 11.8 Å². The van der Waals surface area contributed by atoms with Crippen LogP contribution in [0, 0.1) is 13.8 Å². The Kier molecular flexibility index (Phi) is 8.61. The van der Waals surface area contributed by atoms with E-state index in [1.807, 2.05) is 62.4 Å². The van der Waals surface area contributed by atoms with Crippen LogP contribution in [-0.4, -0.2) is 47.9 Å². The number of carboxylic acid groups (broad SMARTS) is 1. The van der Waals surface area contributed by atoms with E-state index in [2.05, 4.69) is 0 Å². The third kappa shape index (κ3) is 6.62. The number of hydrogen-bond donors (Lipinski definition) is 1. The molecule has 4 rings (SSSR count). The Morgan fingerprint density at radius 3 is 1.90 bits per heavy atom. The molecule has 0 fully saturated rings. The van der Waals surface area contributed by atoms with Gasteiger partial charge >= 0.3 is 5.97 Å². The highest BCUT2D eigenvalue weighted by molar-refractivity contribution is 6.11. The summed E-state index contributed by atoms with van der Waals surface area (Å²) in [6, 6.07) is 25.9. The van der Waals surface area contributed by atoms with E-state index in [1.54, 1.807) is 48.3 Å². The molecule has 39 heavy (non-hydrogen) atoms. The molecule has 4 aromatic rings. The number of benzene rings is 3. The lowest BCUT2D eigenvalue weighted by Crippen LogP contribution is -2.35. The number of rotatable bonds is 10. The predicted octanol–water partition coefficient (Wildman–Crippen LogP) is 6.00. The molecule has 0 saturated carbocycles. The lowest BCUT2D eigenvalue weighted by molar-refractivity contribution is -0.137. The molecule has 0 aliphatic rings. The number of nitrogens with zero attached hydrogens (tertiary/aromatic N) is 2. The van der Waals surface area contributed by atoms with Crippen molar-refractivity contribution in [2.24, 2.45) is 0 Å². The lowest BCUT2D eigenvalue weighted by Gasteiger charge is -2.24. The van der Waals surface area contributed by atoms with Gasteiger partial charge in [-0.05, 0) is 55.2 Å². The molecule has 0 atom stereocenters. The molecule has 1 heterocycles. The van der Waals surface area contributed by atoms with E-state index >= 15 is 0 Å². The molecule has 0 bridgehead atoms. The van der Waals surface area contributed by atoms with Gasteiger partial charge in [-0.15, -0.1) is 0 Å². The molecule has 200 valence electrons. The van der Waals surface area contributed by atoms with Gasteiger partial charge in [0, 0.05) is 37.3 Å². The Bertz CT molecular complexity index is 1470. The summed E-state index contributed by atoms with van der Waals surface area (Å²) in [6.07, 6.45) is 0.431. The summed E-state index contributed by atoms with van der Waals surface area (Å²) >= 11 is 0. The molecule has 0 saturated heterocycles. The normalized spacial score (nSPS) is 10.7. The number of carboxylic acids is 1. The van der Waals surface area contributed by atoms with Crippen LogP contribution in [0.3, 0.4) is 0 Å². The molecular weight excluding hydrogens is 492 g/mol. The van der Waals surface area contributed by atoms with E-state index < -0.39 is 5.97 Å². The SMILES string of the molecule is Cc1ccc(CCN(CCC(=O)O)C(=O)c2ccccc2-c2ccccc2C(=O)N(C)c2ccc(C)o2)cc1. The van der Waals surface area contributed by atoms with Gasteiger partial charge in [-0.25, -0.2) is 0 Å². The van der Waals surface area contributed by atoms with Crippen molar-refractivity contribution < 1.29 is 23.9 Å². The van der Waals surface area contributed by atoms with Gasteiger partial charge in [-0.2, -0.15) is 0 Å². The number of amides is 2. The number of carbonyl (C=O) groups excluding carboxylic acids is 2. The highest BCUT2D eigenvalue weighted by Gasteiger charge is 2.24. The van der Waals surface area contributed by atoms with E-state index in [0.717, 1.165) is 11.1 Å². The van der Waals surface area contributed by atoms with Crippen LogP contribution >= 0.6 is 0 Å². The van der Waals surface area contributed by atoms with Crippen molar-refractivity contribution >= 4 is 23.7 Å². The Balaban J connectivity index is 1.66. The molecular formula is C32H32N2O5. The maximum Gasteiger partial charge on any atom is 0.305 e. The fraction of sp³-hybridized carbons (Fsp3) is 0.219. The summed E-state index contributed by atoms with van der Waals surface area (Å²) in [5, 5.41) is 9.32. The first-order valence-corrected chi connectivity index (χ1v) is 12.8. The van der Waals surface area contributed by atoms with Crippen molar-refractivity contribution in [3.63, 3.8) is 0 Å². The monoisotopic (exact) mass is 524 g/mol. The fourth-order valence-electron chi connectivity index (χ4n) is 4.43. The molecule has 1 aromatic heterocycles. The van der Waals surface area contributed by atoms with Crippen LogP contribution in [0.5, 0.6) is 0 Å². The smallest absolute Gasteiger partial charge is 0.305 e. The van der Waals surface area contributed by atoms with Crippen molar-refractivity contribution in [2.75, 3.05) is 25.0 Å². The molecule has 0 unspecified atom stereocenters. The van der Waals surface area contributed by atoms with Crippen molar-refractivity contribution in [3.05, 3.63) is 113 Å². The van der Waals surface area contributed by atoms with E-state index in [-0.39, 0.29) is 24.8 Å². The van der Waals surface area contributed by atoms with Crippen LogP contribution in [0.25, 0.3) is 11.1 Å². The summed E-state index contributed by atoms with van der Waals surface area (Å²) in [4.78, 5) is 41.8. The third-order valence-electron chi connectivity index (χ3n) is 6.64. The minimum atomic E-state index is -0.969. The summed E-state index contributed by atoms with van der Waals surface area (Å²) in [6.45, 7) is 4.27. The Labute approximate surface area is 228 Å². The molecule has 0 spiro atoms. The molecule has 1 N–H and O–H groups in total. The molecule has 3 aromatic carbocycles. The Morgan fingerprint density at radius 2 is 1.33 bits per heavy atom. The standard InChI is InChI=1S/C32H32N2O5/c1-22-12-15-24(16-13-22)18-20-34(21-19-30(35)36)32(38)28-11-7-5-9-26(28)25-8-4-6-10-27(25)31(37)33(3)29-17-14-23(2)39-29/h4-17H,18-21H2,1-3H3,(H,35,36). The zero-order valence-electron chi connectivity index (χ0n) is 22.4. The second-order valence-corrected chi connectivity index (χ2v) is 9.51. The molecule has 0 aliphatic heterocycles. The van der Waals surface area contributed by atoms with Crippen LogP contribution < -0.4 is 4.90 Å². The number of aliphatic carboxylic acids is 1.